The van der Waals surface area contributed by atoms with E-state index in [1.807, 2.05) is 60.7 Å². The molecule has 46 heavy (non-hydrogen) atoms. The highest BCUT2D eigenvalue weighted by atomic mass is 16.2. The number of para-hydroxylation sites is 2. The molecule has 4 N–H and O–H groups in total. The van der Waals surface area contributed by atoms with Crippen molar-refractivity contribution in [3.63, 3.8) is 0 Å². The SMILES string of the molecule is O=C(Nc1ccccc1C(=O)NCCc1ccccc1)c1ccc(C(=O)Nc2ccccc2C(=O)NCCc2ccccc2)cc1. The van der Waals surface area contributed by atoms with E-state index in [1.165, 1.54) is 24.3 Å². The summed E-state index contributed by atoms with van der Waals surface area (Å²) in [5, 5.41) is 11.4. The van der Waals surface area contributed by atoms with Gasteiger partial charge in [-0.1, -0.05) is 84.9 Å². The normalized spacial score (nSPS) is 10.4. The number of benzene rings is 5. The Morgan fingerprint density at radius 2 is 0.739 bits per heavy atom. The topological polar surface area (TPSA) is 116 Å². The molecule has 0 aromatic heterocycles. The predicted octanol–water partition coefficient (Wildman–Crippen LogP) is 6.14. The second-order valence-corrected chi connectivity index (χ2v) is 10.6. The molecule has 5 rings (SSSR count). The Balaban J connectivity index is 1.17. The minimum Gasteiger partial charge on any atom is -0.352 e. The molecule has 0 bridgehead atoms. The van der Waals surface area contributed by atoms with Crippen molar-refractivity contribution in [1.82, 2.24) is 10.6 Å². The summed E-state index contributed by atoms with van der Waals surface area (Å²) >= 11 is 0. The maximum Gasteiger partial charge on any atom is 0.255 e. The largest absolute Gasteiger partial charge is 0.352 e. The average Bonchev–Trinajstić information content (AvgIpc) is 3.09. The quantitative estimate of drug-likeness (QED) is 0.136. The van der Waals surface area contributed by atoms with Gasteiger partial charge in [0.2, 0.25) is 0 Å². The lowest BCUT2D eigenvalue weighted by Gasteiger charge is -2.13. The van der Waals surface area contributed by atoms with Crippen LogP contribution in [0.25, 0.3) is 0 Å². The molecule has 0 unspecified atom stereocenters. The zero-order valence-electron chi connectivity index (χ0n) is 25.2. The van der Waals surface area contributed by atoms with Gasteiger partial charge in [0.1, 0.15) is 0 Å². The first-order valence-corrected chi connectivity index (χ1v) is 15.0. The van der Waals surface area contributed by atoms with Crippen molar-refractivity contribution in [2.75, 3.05) is 23.7 Å². The number of anilines is 2. The number of hydrogen-bond acceptors (Lipinski definition) is 4. The van der Waals surface area contributed by atoms with Gasteiger partial charge < -0.3 is 21.3 Å². The molecular formula is C38H34N4O4. The third-order valence-corrected chi connectivity index (χ3v) is 7.33. The van der Waals surface area contributed by atoms with Gasteiger partial charge in [-0.05, 0) is 72.5 Å². The van der Waals surface area contributed by atoms with Gasteiger partial charge in [0.25, 0.3) is 23.6 Å². The van der Waals surface area contributed by atoms with Crippen LogP contribution in [0.1, 0.15) is 52.6 Å². The standard InChI is InChI=1S/C38H34N4O4/c43-35(41-33-17-9-7-15-31(33)37(45)39-25-23-27-11-3-1-4-12-27)29-19-21-30(22-20-29)36(44)42-34-18-10-8-16-32(34)38(46)40-26-24-28-13-5-2-6-14-28/h1-22H,23-26H2,(H,39,45)(H,40,46)(H,41,43)(H,42,44). The molecule has 8 heteroatoms. The van der Waals surface area contributed by atoms with E-state index in [9.17, 15) is 19.2 Å². The van der Waals surface area contributed by atoms with Crippen molar-refractivity contribution in [3.8, 4) is 0 Å². The molecule has 0 aliphatic heterocycles. The Bertz CT molecular complexity index is 1670. The maximum absolute atomic E-state index is 13.1. The van der Waals surface area contributed by atoms with Crippen molar-refractivity contribution >= 4 is 35.0 Å². The number of nitrogens with one attached hydrogen (secondary N) is 4. The minimum absolute atomic E-state index is 0.288. The van der Waals surface area contributed by atoms with Crippen LogP contribution in [0, 0.1) is 0 Å². The lowest BCUT2D eigenvalue weighted by molar-refractivity contribution is 0.0945. The van der Waals surface area contributed by atoms with E-state index < -0.39 is 11.8 Å². The number of rotatable bonds is 12. The minimum atomic E-state index is -0.422. The molecule has 0 spiro atoms. The smallest absolute Gasteiger partial charge is 0.255 e. The van der Waals surface area contributed by atoms with E-state index in [-0.39, 0.29) is 11.8 Å². The summed E-state index contributed by atoms with van der Waals surface area (Å²) in [6.45, 7) is 0.913. The zero-order chi connectivity index (χ0) is 32.1. The van der Waals surface area contributed by atoms with Gasteiger partial charge in [-0.15, -0.1) is 0 Å². The van der Waals surface area contributed by atoms with Crippen molar-refractivity contribution in [3.05, 3.63) is 167 Å². The molecule has 5 aromatic rings. The second-order valence-electron chi connectivity index (χ2n) is 10.6. The van der Waals surface area contributed by atoms with Crippen molar-refractivity contribution in [2.45, 2.75) is 12.8 Å². The van der Waals surface area contributed by atoms with Gasteiger partial charge in [0.15, 0.2) is 0 Å². The summed E-state index contributed by atoms with van der Waals surface area (Å²) in [5.41, 5.74) is 4.32. The van der Waals surface area contributed by atoms with E-state index in [2.05, 4.69) is 21.3 Å². The maximum atomic E-state index is 13.1. The van der Waals surface area contributed by atoms with E-state index in [0.717, 1.165) is 11.1 Å². The fourth-order valence-electron chi connectivity index (χ4n) is 4.86. The highest BCUT2D eigenvalue weighted by Crippen LogP contribution is 2.19. The van der Waals surface area contributed by atoms with E-state index in [0.29, 0.717) is 59.6 Å². The lowest BCUT2D eigenvalue weighted by Crippen LogP contribution is -2.27. The van der Waals surface area contributed by atoms with Crippen LogP contribution >= 0.6 is 0 Å². The molecule has 0 fully saturated rings. The highest BCUT2D eigenvalue weighted by Gasteiger charge is 2.16. The van der Waals surface area contributed by atoms with Crippen LogP contribution < -0.4 is 21.3 Å². The first kappa shape index (κ1) is 31.4. The van der Waals surface area contributed by atoms with Gasteiger partial charge >= 0.3 is 0 Å². The van der Waals surface area contributed by atoms with E-state index in [4.69, 9.17) is 0 Å². The third kappa shape index (κ3) is 8.54. The van der Waals surface area contributed by atoms with Gasteiger partial charge in [-0.2, -0.15) is 0 Å². The molecule has 0 aliphatic carbocycles. The van der Waals surface area contributed by atoms with Gasteiger partial charge in [0.05, 0.1) is 22.5 Å². The van der Waals surface area contributed by atoms with Crippen LogP contribution in [-0.2, 0) is 12.8 Å². The Hall–Kier alpha value is -6.02. The van der Waals surface area contributed by atoms with E-state index in [1.54, 1.807) is 48.5 Å². The Morgan fingerprint density at radius 3 is 1.13 bits per heavy atom. The molecule has 230 valence electrons. The summed E-state index contributed by atoms with van der Waals surface area (Å²) in [6, 6.07) is 39.5. The molecule has 8 nitrogen and oxygen atoms in total. The molecule has 0 saturated heterocycles. The van der Waals surface area contributed by atoms with Gasteiger partial charge in [-0.25, -0.2) is 0 Å². The van der Waals surface area contributed by atoms with Crippen LogP contribution in [-0.4, -0.2) is 36.7 Å². The number of amides is 4. The summed E-state index contributed by atoms with van der Waals surface area (Å²) < 4.78 is 0. The highest BCUT2D eigenvalue weighted by molar-refractivity contribution is 6.11. The van der Waals surface area contributed by atoms with Crippen molar-refractivity contribution in [1.29, 1.82) is 0 Å². The monoisotopic (exact) mass is 610 g/mol. The molecule has 5 aromatic carbocycles. The molecule has 4 amide bonds. The fourth-order valence-corrected chi connectivity index (χ4v) is 4.86. The summed E-state index contributed by atoms with van der Waals surface area (Å²) in [6.07, 6.45) is 1.38. The molecule has 0 heterocycles. The zero-order valence-corrected chi connectivity index (χ0v) is 25.2. The van der Waals surface area contributed by atoms with Crippen molar-refractivity contribution in [2.24, 2.45) is 0 Å². The van der Waals surface area contributed by atoms with Crippen LogP contribution in [0.3, 0.4) is 0 Å². The Labute approximate surface area is 267 Å². The Kier molecular flexibility index (Phi) is 10.7. The van der Waals surface area contributed by atoms with Crippen LogP contribution in [0.15, 0.2) is 133 Å². The average molecular weight is 611 g/mol. The number of carbonyl (C=O) groups is 4. The van der Waals surface area contributed by atoms with Crippen LogP contribution in [0.2, 0.25) is 0 Å². The molecule has 0 radical (unpaired) electrons. The molecule has 0 saturated carbocycles. The molecule has 0 atom stereocenters. The summed E-state index contributed by atoms with van der Waals surface area (Å²) in [4.78, 5) is 51.9. The first-order chi connectivity index (χ1) is 22.5. The molecular weight excluding hydrogens is 576 g/mol. The first-order valence-electron chi connectivity index (χ1n) is 15.0. The van der Waals surface area contributed by atoms with Crippen LogP contribution in [0.4, 0.5) is 11.4 Å². The second kappa shape index (κ2) is 15.6. The van der Waals surface area contributed by atoms with Gasteiger partial charge in [0, 0.05) is 24.2 Å². The van der Waals surface area contributed by atoms with E-state index >= 15 is 0 Å². The van der Waals surface area contributed by atoms with Crippen molar-refractivity contribution < 1.29 is 19.2 Å². The lowest BCUT2D eigenvalue weighted by atomic mass is 10.1. The fraction of sp³-hybridized carbons (Fsp3) is 0.105. The third-order valence-electron chi connectivity index (χ3n) is 7.33. The van der Waals surface area contributed by atoms with Crippen LogP contribution in [0.5, 0.6) is 0 Å². The Morgan fingerprint density at radius 1 is 0.391 bits per heavy atom. The summed E-state index contributed by atoms with van der Waals surface area (Å²) in [5.74, 6) is -1.42. The predicted molar refractivity (Wildman–Crippen MR) is 180 cm³/mol. The van der Waals surface area contributed by atoms with Gasteiger partial charge in [-0.3, -0.25) is 19.2 Å². The summed E-state index contributed by atoms with van der Waals surface area (Å²) in [7, 11) is 0. The number of hydrogen-bond donors (Lipinski definition) is 4. The molecule has 0 aliphatic rings. The number of carbonyl (C=O) groups excluding carboxylic acids is 4.